The molecule has 0 aromatic heterocycles. The quantitative estimate of drug-likeness (QED) is 0.876. The topological polar surface area (TPSA) is 58.4 Å². The van der Waals surface area contributed by atoms with Gasteiger partial charge in [0, 0.05) is 31.0 Å². The lowest BCUT2D eigenvalue weighted by atomic mass is 9.99. The molecule has 1 aliphatic heterocycles. The first-order valence-corrected chi connectivity index (χ1v) is 8.00. The van der Waals surface area contributed by atoms with E-state index in [2.05, 4.69) is 29.3 Å². The summed E-state index contributed by atoms with van der Waals surface area (Å²) in [4.78, 5) is 14.4. The molecule has 1 atom stereocenters. The average molecular weight is 289 g/mol. The molecule has 1 unspecified atom stereocenters. The monoisotopic (exact) mass is 289 g/mol. The van der Waals surface area contributed by atoms with Crippen molar-refractivity contribution in [2.45, 2.75) is 33.1 Å². The second-order valence-corrected chi connectivity index (χ2v) is 6.05. The van der Waals surface area contributed by atoms with Gasteiger partial charge >= 0.3 is 0 Å². The molecular weight excluding hydrogens is 262 g/mol. The van der Waals surface area contributed by atoms with Crippen LogP contribution in [0.3, 0.4) is 0 Å². The maximum atomic E-state index is 12.0. The molecule has 1 fully saturated rings. The van der Waals surface area contributed by atoms with E-state index in [9.17, 15) is 4.79 Å². The fourth-order valence-electron chi connectivity index (χ4n) is 2.73. The Morgan fingerprint density at radius 1 is 1.33 bits per heavy atom. The summed E-state index contributed by atoms with van der Waals surface area (Å²) in [7, 11) is 0. The Bertz CT molecular complexity index is 446. The van der Waals surface area contributed by atoms with Crippen LogP contribution in [0.1, 0.15) is 33.1 Å². The Kier molecular flexibility index (Phi) is 5.62. The van der Waals surface area contributed by atoms with Crippen molar-refractivity contribution in [2.75, 3.05) is 29.9 Å². The third kappa shape index (κ3) is 4.21. The molecule has 21 heavy (non-hydrogen) atoms. The highest BCUT2D eigenvalue weighted by atomic mass is 16.1. The van der Waals surface area contributed by atoms with Crippen LogP contribution >= 0.6 is 0 Å². The van der Waals surface area contributed by atoms with Gasteiger partial charge in [-0.3, -0.25) is 4.79 Å². The second kappa shape index (κ2) is 7.46. The van der Waals surface area contributed by atoms with Gasteiger partial charge in [0.25, 0.3) is 0 Å². The number of hydrogen-bond donors (Lipinski definition) is 2. The third-order valence-corrected chi connectivity index (χ3v) is 4.43. The lowest BCUT2D eigenvalue weighted by Gasteiger charge is -2.32. The predicted octanol–water partition coefficient (Wildman–Crippen LogP) is 2.85. The number of nitrogens with one attached hydrogen (secondary N) is 1. The minimum Gasteiger partial charge on any atom is -0.372 e. The summed E-state index contributed by atoms with van der Waals surface area (Å²) >= 11 is 0. The summed E-state index contributed by atoms with van der Waals surface area (Å²) in [5.74, 6) is 0.745. The highest BCUT2D eigenvalue weighted by molar-refractivity contribution is 5.92. The smallest absolute Gasteiger partial charge is 0.228 e. The maximum Gasteiger partial charge on any atom is 0.228 e. The number of nitrogens with two attached hydrogens (primary N) is 1. The number of anilines is 2. The summed E-state index contributed by atoms with van der Waals surface area (Å²) in [6.45, 7) is 6.94. The largest absolute Gasteiger partial charge is 0.372 e. The first kappa shape index (κ1) is 15.8. The van der Waals surface area contributed by atoms with Crippen molar-refractivity contribution in [2.24, 2.45) is 17.6 Å². The SMILES string of the molecule is CCC(CN)C(=O)Nc1ccc(N2CCC(C)CC2)cc1. The van der Waals surface area contributed by atoms with Crippen molar-refractivity contribution in [3.8, 4) is 0 Å². The van der Waals surface area contributed by atoms with Gasteiger partial charge in [0.1, 0.15) is 0 Å². The molecule has 1 saturated heterocycles. The third-order valence-electron chi connectivity index (χ3n) is 4.43. The standard InChI is InChI=1S/C17H27N3O/c1-3-14(12-18)17(21)19-15-4-6-16(7-5-15)20-10-8-13(2)9-11-20/h4-7,13-14H,3,8-12,18H2,1-2H3,(H,19,21). The molecule has 4 heteroatoms. The molecule has 0 saturated carbocycles. The van der Waals surface area contributed by atoms with Crippen LogP contribution in [-0.2, 0) is 4.79 Å². The van der Waals surface area contributed by atoms with E-state index < -0.39 is 0 Å². The van der Waals surface area contributed by atoms with Crippen molar-refractivity contribution in [1.82, 2.24) is 0 Å². The van der Waals surface area contributed by atoms with E-state index in [1.54, 1.807) is 0 Å². The van der Waals surface area contributed by atoms with Crippen molar-refractivity contribution in [3.63, 3.8) is 0 Å². The molecule has 0 bridgehead atoms. The van der Waals surface area contributed by atoms with Crippen LogP contribution in [0.15, 0.2) is 24.3 Å². The Labute approximate surface area is 127 Å². The zero-order valence-corrected chi connectivity index (χ0v) is 13.1. The second-order valence-electron chi connectivity index (χ2n) is 6.05. The number of carbonyl (C=O) groups excluding carboxylic acids is 1. The van der Waals surface area contributed by atoms with Crippen molar-refractivity contribution in [3.05, 3.63) is 24.3 Å². The predicted molar refractivity (Wildman–Crippen MR) is 88.5 cm³/mol. The molecule has 3 N–H and O–H groups in total. The van der Waals surface area contributed by atoms with Crippen LogP contribution < -0.4 is 16.0 Å². The lowest BCUT2D eigenvalue weighted by molar-refractivity contribution is -0.119. The van der Waals surface area contributed by atoms with Crippen LogP contribution in [0.25, 0.3) is 0 Å². The summed E-state index contributed by atoms with van der Waals surface area (Å²) < 4.78 is 0. The maximum absolute atomic E-state index is 12.0. The number of benzene rings is 1. The Hall–Kier alpha value is -1.55. The van der Waals surface area contributed by atoms with Crippen LogP contribution in [0.5, 0.6) is 0 Å². The van der Waals surface area contributed by atoms with Gasteiger partial charge in [-0.1, -0.05) is 13.8 Å². The Balaban J connectivity index is 1.94. The van der Waals surface area contributed by atoms with E-state index in [1.807, 2.05) is 19.1 Å². The van der Waals surface area contributed by atoms with E-state index in [0.29, 0.717) is 6.54 Å². The average Bonchev–Trinajstić information content (AvgIpc) is 2.50. The number of amides is 1. The van der Waals surface area contributed by atoms with Crippen molar-refractivity contribution in [1.29, 1.82) is 0 Å². The fourth-order valence-corrected chi connectivity index (χ4v) is 2.73. The van der Waals surface area contributed by atoms with E-state index in [4.69, 9.17) is 5.73 Å². The van der Waals surface area contributed by atoms with Gasteiger partial charge in [-0.25, -0.2) is 0 Å². The molecule has 0 radical (unpaired) electrons. The highest BCUT2D eigenvalue weighted by Crippen LogP contribution is 2.24. The first-order chi connectivity index (χ1) is 10.1. The minimum absolute atomic E-state index is 0.0135. The molecule has 1 aromatic carbocycles. The van der Waals surface area contributed by atoms with Crippen molar-refractivity contribution < 1.29 is 4.79 Å². The van der Waals surface area contributed by atoms with E-state index in [-0.39, 0.29) is 11.8 Å². The van der Waals surface area contributed by atoms with Crippen LogP contribution in [0.4, 0.5) is 11.4 Å². The van der Waals surface area contributed by atoms with E-state index in [0.717, 1.165) is 31.1 Å². The van der Waals surface area contributed by atoms with E-state index >= 15 is 0 Å². The lowest BCUT2D eigenvalue weighted by Crippen LogP contribution is -2.32. The Morgan fingerprint density at radius 3 is 2.48 bits per heavy atom. The minimum atomic E-state index is -0.103. The molecular formula is C17H27N3O. The molecule has 1 aromatic rings. The van der Waals surface area contributed by atoms with Gasteiger partial charge in [0.2, 0.25) is 5.91 Å². The molecule has 0 aliphatic carbocycles. The van der Waals surface area contributed by atoms with Crippen LogP contribution in [-0.4, -0.2) is 25.5 Å². The highest BCUT2D eigenvalue weighted by Gasteiger charge is 2.17. The van der Waals surface area contributed by atoms with Crippen LogP contribution in [0.2, 0.25) is 0 Å². The van der Waals surface area contributed by atoms with Gasteiger partial charge in [-0.05, 0) is 49.4 Å². The molecule has 4 nitrogen and oxygen atoms in total. The molecule has 1 heterocycles. The van der Waals surface area contributed by atoms with Gasteiger partial charge in [-0.2, -0.15) is 0 Å². The van der Waals surface area contributed by atoms with Gasteiger partial charge in [-0.15, -0.1) is 0 Å². The number of carbonyl (C=O) groups is 1. The Morgan fingerprint density at radius 2 is 1.95 bits per heavy atom. The zero-order valence-electron chi connectivity index (χ0n) is 13.1. The molecule has 116 valence electrons. The molecule has 1 amide bonds. The number of rotatable bonds is 5. The fraction of sp³-hybridized carbons (Fsp3) is 0.588. The van der Waals surface area contributed by atoms with Gasteiger partial charge < -0.3 is 16.0 Å². The van der Waals surface area contributed by atoms with Gasteiger partial charge in [0.15, 0.2) is 0 Å². The summed E-state index contributed by atoms with van der Waals surface area (Å²) in [5.41, 5.74) is 7.69. The molecule has 2 rings (SSSR count). The summed E-state index contributed by atoms with van der Waals surface area (Å²) in [6, 6.07) is 8.15. The molecule has 0 spiro atoms. The number of nitrogens with zero attached hydrogens (tertiary/aromatic N) is 1. The number of piperidine rings is 1. The van der Waals surface area contributed by atoms with Crippen molar-refractivity contribution >= 4 is 17.3 Å². The summed E-state index contributed by atoms with van der Waals surface area (Å²) in [6.07, 6.45) is 3.28. The van der Waals surface area contributed by atoms with Gasteiger partial charge in [0.05, 0.1) is 5.92 Å². The van der Waals surface area contributed by atoms with Crippen LogP contribution in [0, 0.1) is 11.8 Å². The number of hydrogen-bond acceptors (Lipinski definition) is 3. The molecule has 1 aliphatic rings. The van der Waals surface area contributed by atoms with E-state index in [1.165, 1.54) is 18.5 Å². The normalized spacial score (nSPS) is 17.6. The zero-order chi connectivity index (χ0) is 15.2. The summed E-state index contributed by atoms with van der Waals surface area (Å²) in [5, 5.41) is 2.94. The first-order valence-electron chi connectivity index (χ1n) is 8.00.